The Morgan fingerprint density at radius 1 is 1.69 bits per heavy atom. The van der Waals surface area contributed by atoms with Gasteiger partial charge in [-0.3, -0.25) is 0 Å². The summed E-state index contributed by atoms with van der Waals surface area (Å²) in [6.45, 7) is 3.12. The van der Waals surface area contributed by atoms with Crippen LogP contribution in [0, 0.1) is 5.92 Å². The summed E-state index contributed by atoms with van der Waals surface area (Å²) in [4.78, 5) is 4.07. The SMILES string of the molecule is CC1CSCC1NCc1cocn1. The molecule has 1 N–H and O–H groups in total. The molecule has 0 aliphatic carbocycles. The highest BCUT2D eigenvalue weighted by Gasteiger charge is 2.23. The molecule has 1 fully saturated rings. The zero-order valence-corrected chi connectivity index (χ0v) is 8.51. The van der Waals surface area contributed by atoms with Gasteiger partial charge in [0.15, 0.2) is 6.39 Å². The predicted molar refractivity (Wildman–Crippen MR) is 53.6 cm³/mol. The quantitative estimate of drug-likeness (QED) is 0.799. The molecule has 3 nitrogen and oxygen atoms in total. The van der Waals surface area contributed by atoms with E-state index in [0.29, 0.717) is 6.04 Å². The number of aromatic nitrogens is 1. The second-order valence-electron chi connectivity index (χ2n) is 3.48. The van der Waals surface area contributed by atoms with Crippen LogP contribution < -0.4 is 5.32 Å². The van der Waals surface area contributed by atoms with Gasteiger partial charge in [-0.25, -0.2) is 4.98 Å². The highest BCUT2D eigenvalue weighted by atomic mass is 32.2. The van der Waals surface area contributed by atoms with E-state index in [2.05, 4.69) is 17.2 Å². The molecule has 72 valence electrons. The lowest BCUT2D eigenvalue weighted by atomic mass is 10.1. The van der Waals surface area contributed by atoms with Gasteiger partial charge in [0.05, 0.1) is 5.69 Å². The van der Waals surface area contributed by atoms with Crippen LogP contribution in [0.2, 0.25) is 0 Å². The Morgan fingerprint density at radius 2 is 2.62 bits per heavy atom. The van der Waals surface area contributed by atoms with Crippen molar-refractivity contribution in [1.82, 2.24) is 10.3 Å². The van der Waals surface area contributed by atoms with Crippen LogP contribution in [-0.4, -0.2) is 22.5 Å². The first-order valence-corrected chi connectivity index (χ1v) is 5.70. The molecule has 0 aromatic carbocycles. The van der Waals surface area contributed by atoms with Gasteiger partial charge in [-0.05, 0) is 11.7 Å². The fraction of sp³-hybridized carbons (Fsp3) is 0.667. The Hall–Kier alpha value is -0.480. The Balaban J connectivity index is 1.79. The molecule has 0 bridgehead atoms. The molecule has 0 saturated carbocycles. The second kappa shape index (κ2) is 4.15. The van der Waals surface area contributed by atoms with E-state index < -0.39 is 0 Å². The first-order chi connectivity index (χ1) is 6.36. The third kappa shape index (κ3) is 2.25. The zero-order chi connectivity index (χ0) is 9.10. The van der Waals surface area contributed by atoms with Crippen molar-refractivity contribution < 1.29 is 4.42 Å². The average molecular weight is 198 g/mol. The van der Waals surface area contributed by atoms with Gasteiger partial charge in [-0.2, -0.15) is 11.8 Å². The van der Waals surface area contributed by atoms with E-state index in [1.165, 1.54) is 17.9 Å². The van der Waals surface area contributed by atoms with E-state index in [0.717, 1.165) is 18.2 Å². The maximum atomic E-state index is 4.90. The van der Waals surface area contributed by atoms with Gasteiger partial charge in [0.1, 0.15) is 6.26 Å². The van der Waals surface area contributed by atoms with Crippen LogP contribution in [0.4, 0.5) is 0 Å². The van der Waals surface area contributed by atoms with Crippen molar-refractivity contribution in [2.24, 2.45) is 5.92 Å². The van der Waals surface area contributed by atoms with Crippen molar-refractivity contribution in [2.45, 2.75) is 19.5 Å². The molecule has 1 aliphatic heterocycles. The van der Waals surface area contributed by atoms with E-state index in [1.54, 1.807) is 6.26 Å². The lowest BCUT2D eigenvalue weighted by Gasteiger charge is -2.14. The van der Waals surface area contributed by atoms with E-state index in [-0.39, 0.29) is 0 Å². The number of rotatable bonds is 3. The molecular formula is C9H14N2OS. The normalized spacial score (nSPS) is 28.1. The largest absolute Gasteiger partial charge is 0.451 e. The van der Waals surface area contributed by atoms with Gasteiger partial charge in [0.2, 0.25) is 0 Å². The molecule has 2 atom stereocenters. The van der Waals surface area contributed by atoms with Crippen LogP contribution in [0.3, 0.4) is 0 Å². The topological polar surface area (TPSA) is 38.1 Å². The van der Waals surface area contributed by atoms with Crippen LogP contribution in [-0.2, 0) is 6.54 Å². The molecular weight excluding hydrogens is 184 g/mol. The Morgan fingerprint density at radius 3 is 3.23 bits per heavy atom. The summed E-state index contributed by atoms with van der Waals surface area (Å²) in [5.74, 6) is 3.27. The van der Waals surface area contributed by atoms with Crippen LogP contribution in [0.25, 0.3) is 0 Å². The van der Waals surface area contributed by atoms with Crippen molar-refractivity contribution in [2.75, 3.05) is 11.5 Å². The van der Waals surface area contributed by atoms with Gasteiger partial charge in [0, 0.05) is 18.3 Å². The van der Waals surface area contributed by atoms with Crippen LogP contribution in [0.5, 0.6) is 0 Å². The van der Waals surface area contributed by atoms with Crippen molar-refractivity contribution in [3.05, 3.63) is 18.4 Å². The van der Waals surface area contributed by atoms with Gasteiger partial charge in [-0.1, -0.05) is 6.92 Å². The van der Waals surface area contributed by atoms with E-state index in [4.69, 9.17) is 4.42 Å². The molecule has 1 aromatic rings. The number of hydrogen-bond acceptors (Lipinski definition) is 4. The summed E-state index contributed by atoms with van der Waals surface area (Å²) in [7, 11) is 0. The zero-order valence-electron chi connectivity index (χ0n) is 7.69. The van der Waals surface area contributed by atoms with E-state index in [1.807, 2.05) is 11.8 Å². The molecule has 1 saturated heterocycles. The number of oxazole rings is 1. The van der Waals surface area contributed by atoms with Gasteiger partial charge in [0.25, 0.3) is 0 Å². The second-order valence-corrected chi connectivity index (χ2v) is 4.56. The highest BCUT2D eigenvalue weighted by Crippen LogP contribution is 2.23. The van der Waals surface area contributed by atoms with Crippen molar-refractivity contribution in [3.63, 3.8) is 0 Å². The summed E-state index contributed by atoms with van der Waals surface area (Å²) in [6.07, 6.45) is 3.17. The van der Waals surface area contributed by atoms with Crippen LogP contribution in [0.1, 0.15) is 12.6 Å². The third-order valence-electron chi connectivity index (χ3n) is 2.39. The molecule has 0 amide bonds. The van der Waals surface area contributed by atoms with Gasteiger partial charge < -0.3 is 9.73 Å². The minimum Gasteiger partial charge on any atom is -0.451 e. The molecule has 0 spiro atoms. The van der Waals surface area contributed by atoms with Gasteiger partial charge >= 0.3 is 0 Å². The number of hydrogen-bond donors (Lipinski definition) is 1. The van der Waals surface area contributed by atoms with Crippen molar-refractivity contribution >= 4 is 11.8 Å². The molecule has 4 heteroatoms. The first-order valence-electron chi connectivity index (χ1n) is 4.54. The predicted octanol–water partition coefficient (Wildman–Crippen LogP) is 1.52. The van der Waals surface area contributed by atoms with Crippen molar-refractivity contribution in [3.8, 4) is 0 Å². The minimum atomic E-state index is 0.640. The summed E-state index contributed by atoms with van der Waals surface area (Å²) in [5.41, 5.74) is 0.990. The Labute approximate surface area is 82.3 Å². The van der Waals surface area contributed by atoms with E-state index in [9.17, 15) is 0 Å². The Bertz CT molecular complexity index is 250. The number of nitrogens with zero attached hydrogens (tertiary/aromatic N) is 1. The Kier molecular flexibility index (Phi) is 2.90. The summed E-state index contributed by atoms with van der Waals surface area (Å²) in [5, 5.41) is 3.49. The maximum Gasteiger partial charge on any atom is 0.180 e. The standard InChI is InChI=1S/C9H14N2OS/c1-7-4-13-5-9(7)10-2-8-3-12-6-11-8/h3,6-7,9-10H,2,4-5H2,1H3. The average Bonchev–Trinajstić information content (AvgIpc) is 2.72. The first kappa shape index (κ1) is 9.09. The van der Waals surface area contributed by atoms with Crippen molar-refractivity contribution in [1.29, 1.82) is 0 Å². The summed E-state index contributed by atoms with van der Waals surface area (Å²) >= 11 is 2.02. The molecule has 1 aromatic heterocycles. The number of thioether (sulfide) groups is 1. The minimum absolute atomic E-state index is 0.640. The summed E-state index contributed by atoms with van der Waals surface area (Å²) in [6, 6.07) is 0.640. The third-order valence-corrected chi connectivity index (χ3v) is 3.75. The molecule has 0 radical (unpaired) electrons. The fourth-order valence-corrected chi connectivity index (χ4v) is 2.92. The van der Waals surface area contributed by atoms with Crippen LogP contribution in [0.15, 0.2) is 17.1 Å². The smallest absolute Gasteiger partial charge is 0.180 e. The maximum absolute atomic E-state index is 4.90. The lowest BCUT2D eigenvalue weighted by Crippen LogP contribution is -2.33. The monoisotopic (exact) mass is 198 g/mol. The molecule has 2 unspecified atom stereocenters. The number of nitrogens with one attached hydrogen (secondary N) is 1. The molecule has 2 heterocycles. The lowest BCUT2D eigenvalue weighted by molar-refractivity contribution is 0.450. The molecule has 1 aliphatic rings. The fourth-order valence-electron chi connectivity index (χ4n) is 1.48. The molecule has 13 heavy (non-hydrogen) atoms. The van der Waals surface area contributed by atoms with E-state index >= 15 is 0 Å². The van der Waals surface area contributed by atoms with Gasteiger partial charge in [-0.15, -0.1) is 0 Å². The van der Waals surface area contributed by atoms with Crippen LogP contribution >= 0.6 is 11.8 Å². The summed E-state index contributed by atoms with van der Waals surface area (Å²) < 4.78 is 4.90. The highest BCUT2D eigenvalue weighted by molar-refractivity contribution is 7.99. The molecule has 2 rings (SSSR count).